The quantitative estimate of drug-likeness (QED) is 0.670. The highest BCUT2D eigenvalue weighted by molar-refractivity contribution is 5.79. The number of nitrogens with one attached hydrogen (secondary N) is 1. The zero-order valence-electron chi connectivity index (χ0n) is 17.2. The van der Waals surface area contributed by atoms with Gasteiger partial charge in [0, 0.05) is 24.6 Å². The summed E-state index contributed by atoms with van der Waals surface area (Å²) in [6.45, 7) is 3.44. The van der Waals surface area contributed by atoms with E-state index in [0.29, 0.717) is 25.0 Å². The minimum Gasteiger partial charge on any atom is -0.497 e. The smallest absolute Gasteiger partial charge is 0.318 e. The van der Waals surface area contributed by atoms with Crippen molar-refractivity contribution in [2.24, 2.45) is 5.92 Å². The molecular weight excluding hydrogens is 380 g/mol. The lowest BCUT2D eigenvalue weighted by Crippen LogP contribution is -2.41. The molecule has 7 nitrogen and oxygen atoms in total. The van der Waals surface area contributed by atoms with Gasteiger partial charge in [0.25, 0.3) is 0 Å². The van der Waals surface area contributed by atoms with Gasteiger partial charge < -0.3 is 19.4 Å². The molecule has 1 saturated heterocycles. The molecule has 156 valence electrons. The van der Waals surface area contributed by atoms with Gasteiger partial charge in [-0.2, -0.15) is 0 Å². The van der Waals surface area contributed by atoms with E-state index in [1.165, 1.54) is 0 Å². The number of amides is 1. The molecule has 2 aromatic carbocycles. The number of methoxy groups -OCH3 is 1. The SMILES string of the molecule is COc1ccc(-c2nnc(N3CCC(C(=O)N[C@H](C)c4ccccc4)CC3)o2)cc1. The van der Waals surface area contributed by atoms with Crippen LogP contribution in [0.4, 0.5) is 6.01 Å². The zero-order chi connectivity index (χ0) is 20.9. The molecule has 0 radical (unpaired) electrons. The van der Waals surface area contributed by atoms with Crippen molar-refractivity contribution < 1.29 is 13.9 Å². The van der Waals surface area contributed by atoms with Crippen molar-refractivity contribution in [1.29, 1.82) is 0 Å². The average Bonchev–Trinajstić information content (AvgIpc) is 3.30. The molecule has 0 bridgehead atoms. The summed E-state index contributed by atoms with van der Waals surface area (Å²) in [7, 11) is 1.63. The Bertz CT molecular complexity index is 964. The number of rotatable bonds is 6. The first kappa shape index (κ1) is 19.9. The van der Waals surface area contributed by atoms with Gasteiger partial charge in [0.1, 0.15) is 5.75 Å². The van der Waals surface area contributed by atoms with Crippen LogP contribution in [0.3, 0.4) is 0 Å². The number of carbonyl (C=O) groups is 1. The number of carbonyl (C=O) groups excluding carboxylic acids is 1. The Morgan fingerprint density at radius 2 is 1.80 bits per heavy atom. The number of hydrogen-bond donors (Lipinski definition) is 1. The molecular formula is C23H26N4O3. The third-order valence-corrected chi connectivity index (χ3v) is 5.55. The van der Waals surface area contributed by atoms with Crippen molar-refractivity contribution in [2.75, 3.05) is 25.1 Å². The second-order valence-electron chi connectivity index (χ2n) is 7.52. The summed E-state index contributed by atoms with van der Waals surface area (Å²) in [4.78, 5) is 14.7. The first-order valence-electron chi connectivity index (χ1n) is 10.2. The molecule has 1 aliphatic rings. The fourth-order valence-corrected chi connectivity index (χ4v) is 3.68. The van der Waals surface area contributed by atoms with Crippen LogP contribution < -0.4 is 15.0 Å². The van der Waals surface area contributed by atoms with Crippen LogP contribution in [0.2, 0.25) is 0 Å². The molecule has 1 aliphatic heterocycles. The number of piperidine rings is 1. The average molecular weight is 406 g/mol. The maximum atomic E-state index is 12.7. The number of ether oxygens (including phenoxy) is 1. The van der Waals surface area contributed by atoms with E-state index < -0.39 is 0 Å². The normalized spacial score (nSPS) is 15.6. The van der Waals surface area contributed by atoms with E-state index in [0.717, 1.165) is 29.7 Å². The van der Waals surface area contributed by atoms with Crippen LogP contribution in [0.15, 0.2) is 59.0 Å². The van der Waals surface area contributed by atoms with Gasteiger partial charge in [-0.15, -0.1) is 5.10 Å². The van der Waals surface area contributed by atoms with Crippen molar-refractivity contribution in [1.82, 2.24) is 15.5 Å². The van der Waals surface area contributed by atoms with E-state index in [4.69, 9.17) is 9.15 Å². The van der Waals surface area contributed by atoms with Crippen molar-refractivity contribution >= 4 is 11.9 Å². The Hall–Kier alpha value is -3.35. The highest BCUT2D eigenvalue weighted by Gasteiger charge is 2.28. The Balaban J connectivity index is 1.32. The lowest BCUT2D eigenvalue weighted by atomic mass is 9.95. The minimum absolute atomic E-state index is 0.000255. The summed E-state index contributed by atoms with van der Waals surface area (Å²) < 4.78 is 11.0. The summed E-state index contributed by atoms with van der Waals surface area (Å²) >= 11 is 0. The van der Waals surface area contributed by atoms with E-state index in [-0.39, 0.29) is 17.9 Å². The Labute approximate surface area is 176 Å². The summed E-state index contributed by atoms with van der Waals surface area (Å²) in [5.41, 5.74) is 1.96. The lowest BCUT2D eigenvalue weighted by molar-refractivity contribution is -0.126. The number of nitrogens with zero attached hydrogens (tertiary/aromatic N) is 3. The van der Waals surface area contributed by atoms with Crippen LogP contribution in [-0.2, 0) is 4.79 Å². The van der Waals surface area contributed by atoms with Crippen LogP contribution in [0, 0.1) is 5.92 Å². The fraction of sp³-hybridized carbons (Fsp3) is 0.348. The van der Waals surface area contributed by atoms with Gasteiger partial charge in [-0.3, -0.25) is 4.79 Å². The van der Waals surface area contributed by atoms with Gasteiger partial charge >= 0.3 is 6.01 Å². The van der Waals surface area contributed by atoms with Gasteiger partial charge in [-0.05, 0) is 49.6 Å². The van der Waals surface area contributed by atoms with E-state index >= 15 is 0 Å². The molecule has 1 aromatic heterocycles. The molecule has 0 spiro atoms. The lowest BCUT2D eigenvalue weighted by Gasteiger charge is -2.30. The summed E-state index contributed by atoms with van der Waals surface area (Å²) in [6.07, 6.45) is 1.52. The molecule has 30 heavy (non-hydrogen) atoms. The fourth-order valence-electron chi connectivity index (χ4n) is 3.68. The standard InChI is InChI=1S/C23H26N4O3/c1-16(17-6-4-3-5-7-17)24-21(28)18-12-14-27(15-13-18)23-26-25-22(30-23)19-8-10-20(29-2)11-9-19/h3-11,16,18H,12-15H2,1-2H3,(H,24,28)/t16-/m1/s1. The first-order valence-corrected chi connectivity index (χ1v) is 10.2. The molecule has 1 fully saturated rings. The first-order chi connectivity index (χ1) is 14.6. The van der Waals surface area contributed by atoms with Gasteiger partial charge in [0.05, 0.1) is 13.2 Å². The maximum Gasteiger partial charge on any atom is 0.318 e. The second-order valence-corrected chi connectivity index (χ2v) is 7.52. The Morgan fingerprint density at radius 1 is 1.10 bits per heavy atom. The van der Waals surface area contributed by atoms with Crippen LogP contribution in [0.5, 0.6) is 5.75 Å². The van der Waals surface area contributed by atoms with E-state index in [2.05, 4.69) is 15.5 Å². The van der Waals surface area contributed by atoms with E-state index in [9.17, 15) is 4.79 Å². The number of aromatic nitrogens is 2. The Morgan fingerprint density at radius 3 is 2.47 bits per heavy atom. The third kappa shape index (κ3) is 4.45. The Kier molecular flexibility index (Phi) is 5.97. The van der Waals surface area contributed by atoms with Crippen molar-refractivity contribution in [3.63, 3.8) is 0 Å². The largest absolute Gasteiger partial charge is 0.497 e. The molecule has 0 saturated carbocycles. The van der Waals surface area contributed by atoms with Crippen molar-refractivity contribution in [3.8, 4) is 17.2 Å². The second kappa shape index (κ2) is 8.98. The molecule has 0 aliphatic carbocycles. The number of anilines is 1. The zero-order valence-corrected chi connectivity index (χ0v) is 17.2. The minimum atomic E-state index is -0.00334. The number of benzene rings is 2. The van der Waals surface area contributed by atoms with Gasteiger partial charge in [-0.25, -0.2) is 0 Å². The molecule has 4 rings (SSSR count). The van der Waals surface area contributed by atoms with Gasteiger partial charge in [-0.1, -0.05) is 35.4 Å². The molecule has 0 unspecified atom stereocenters. The van der Waals surface area contributed by atoms with Crippen molar-refractivity contribution in [2.45, 2.75) is 25.8 Å². The van der Waals surface area contributed by atoms with Gasteiger partial charge in [0.2, 0.25) is 11.8 Å². The van der Waals surface area contributed by atoms with E-state index in [1.54, 1.807) is 7.11 Å². The molecule has 3 aromatic rings. The molecule has 2 heterocycles. The highest BCUT2D eigenvalue weighted by atomic mass is 16.5. The van der Waals surface area contributed by atoms with Crippen LogP contribution >= 0.6 is 0 Å². The topological polar surface area (TPSA) is 80.5 Å². The number of hydrogen-bond acceptors (Lipinski definition) is 6. The summed E-state index contributed by atoms with van der Waals surface area (Å²) in [5, 5.41) is 11.5. The van der Waals surface area contributed by atoms with Crippen LogP contribution in [-0.4, -0.2) is 36.3 Å². The van der Waals surface area contributed by atoms with Gasteiger partial charge in [0.15, 0.2) is 0 Å². The van der Waals surface area contributed by atoms with Crippen LogP contribution in [0.25, 0.3) is 11.5 Å². The highest BCUT2D eigenvalue weighted by Crippen LogP contribution is 2.27. The molecule has 1 amide bonds. The maximum absolute atomic E-state index is 12.7. The molecule has 1 atom stereocenters. The van der Waals surface area contributed by atoms with Crippen LogP contribution in [0.1, 0.15) is 31.4 Å². The molecule has 7 heteroatoms. The summed E-state index contributed by atoms with van der Waals surface area (Å²) in [6, 6.07) is 18.0. The monoisotopic (exact) mass is 406 g/mol. The molecule has 1 N–H and O–H groups in total. The predicted molar refractivity (Wildman–Crippen MR) is 114 cm³/mol. The summed E-state index contributed by atoms with van der Waals surface area (Å²) in [5.74, 6) is 1.36. The van der Waals surface area contributed by atoms with E-state index in [1.807, 2.05) is 66.4 Å². The predicted octanol–water partition coefficient (Wildman–Crippen LogP) is 3.84. The third-order valence-electron chi connectivity index (χ3n) is 5.55. The van der Waals surface area contributed by atoms with Crippen molar-refractivity contribution in [3.05, 3.63) is 60.2 Å².